The van der Waals surface area contributed by atoms with Crippen molar-refractivity contribution in [2.24, 2.45) is 0 Å². The van der Waals surface area contributed by atoms with E-state index in [4.69, 9.17) is 4.42 Å². The van der Waals surface area contributed by atoms with Gasteiger partial charge in [-0.25, -0.2) is 0 Å². The van der Waals surface area contributed by atoms with Crippen LogP contribution in [0.4, 0.5) is 5.88 Å². The van der Waals surface area contributed by atoms with Crippen LogP contribution < -0.4 is 5.32 Å². The number of carbonyl (C=O) groups is 1. The van der Waals surface area contributed by atoms with Gasteiger partial charge < -0.3 is 14.6 Å². The molecule has 0 spiro atoms. The number of nitrogens with one attached hydrogen (secondary N) is 1. The van der Waals surface area contributed by atoms with Crippen molar-refractivity contribution in [2.75, 3.05) is 5.32 Å². The zero-order chi connectivity index (χ0) is 12.4. The van der Waals surface area contributed by atoms with Gasteiger partial charge in [0.15, 0.2) is 5.76 Å². The van der Waals surface area contributed by atoms with Crippen LogP contribution >= 0.6 is 0 Å². The van der Waals surface area contributed by atoms with E-state index in [2.05, 4.69) is 10.3 Å². The number of furan rings is 1. The predicted molar refractivity (Wildman–Crippen MR) is 59.6 cm³/mol. The summed E-state index contributed by atoms with van der Waals surface area (Å²) in [6.45, 7) is 1.27. The molecule has 0 unspecified atom stereocenters. The molecule has 17 heavy (non-hydrogen) atoms. The minimum absolute atomic E-state index is 0.0775. The van der Waals surface area contributed by atoms with Gasteiger partial charge in [-0.15, -0.1) is 0 Å². The average Bonchev–Trinajstić information content (AvgIpc) is 2.58. The number of amides is 1. The van der Waals surface area contributed by atoms with Crippen LogP contribution in [0.2, 0.25) is 0 Å². The maximum atomic E-state index is 10.8. The lowest BCUT2D eigenvalue weighted by Crippen LogP contribution is -2.04. The second kappa shape index (κ2) is 4.17. The first-order chi connectivity index (χ1) is 8.09. The van der Waals surface area contributed by atoms with E-state index in [1.165, 1.54) is 19.3 Å². The molecule has 2 rings (SSSR count). The fourth-order valence-corrected chi connectivity index (χ4v) is 1.36. The van der Waals surface area contributed by atoms with Crippen molar-refractivity contribution in [3.63, 3.8) is 0 Å². The second-order valence-corrected chi connectivity index (χ2v) is 3.37. The Labute approximate surface area is 96.5 Å². The molecule has 0 radical (unpaired) electrons. The van der Waals surface area contributed by atoms with E-state index in [9.17, 15) is 15.0 Å². The van der Waals surface area contributed by atoms with Crippen LogP contribution in [0.5, 0.6) is 11.5 Å². The number of nitrogens with zero attached hydrogens (tertiary/aromatic N) is 1. The summed E-state index contributed by atoms with van der Waals surface area (Å²) in [6, 6.07) is 3.21. The third-order valence-corrected chi connectivity index (χ3v) is 2.09. The molecule has 0 saturated carbocycles. The minimum atomic E-state index is -0.494. The third kappa shape index (κ3) is 2.05. The van der Waals surface area contributed by atoms with Crippen molar-refractivity contribution in [3.8, 4) is 22.8 Å². The fraction of sp³-hybridized carbons (Fsp3) is 0.0909. The highest BCUT2D eigenvalue weighted by atomic mass is 16.4. The molecule has 2 aromatic heterocycles. The van der Waals surface area contributed by atoms with Crippen LogP contribution in [0.25, 0.3) is 11.3 Å². The molecule has 0 atom stereocenters. The SMILES string of the molecule is CC(=O)Nc1oc(-c2ccncc2)c(O)c1O. The first-order valence-electron chi connectivity index (χ1n) is 4.82. The van der Waals surface area contributed by atoms with Crippen molar-refractivity contribution in [1.29, 1.82) is 0 Å². The Balaban J connectivity index is 2.46. The summed E-state index contributed by atoms with van der Waals surface area (Å²) >= 11 is 0. The van der Waals surface area contributed by atoms with Crippen LogP contribution in [0.15, 0.2) is 28.9 Å². The molecule has 0 bridgehead atoms. The molecule has 1 amide bonds. The Bertz CT molecular complexity index is 548. The molecular weight excluding hydrogens is 224 g/mol. The van der Waals surface area contributed by atoms with Crippen LogP contribution in [-0.4, -0.2) is 21.1 Å². The number of aromatic nitrogens is 1. The van der Waals surface area contributed by atoms with Gasteiger partial charge in [-0.3, -0.25) is 15.1 Å². The lowest BCUT2D eigenvalue weighted by atomic mass is 10.2. The Hall–Kier alpha value is -2.50. The van der Waals surface area contributed by atoms with Gasteiger partial charge in [0.05, 0.1) is 0 Å². The molecule has 0 aromatic carbocycles. The predicted octanol–water partition coefficient (Wildman–Crippen LogP) is 1.71. The number of pyridine rings is 1. The van der Waals surface area contributed by atoms with Crippen molar-refractivity contribution in [3.05, 3.63) is 24.5 Å². The molecule has 6 heteroatoms. The standard InChI is InChI=1S/C11H10N2O4/c1-6(14)13-11-9(16)8(15)10(17-11)7-2-4-12-5-3-7/h2-5,15-16H,1H3,(H,13,14). The number of anilines is 1. The minimum Gasteiger partial charge on any atom is -0.502 e. The lowest BCUT2D eigenvalue weighted by molar-refractivity contribution is -0.114. The lowest BCUT2D eigenvalue weighted by Gasteiger charge is -1.96. The average molecular weight is 234 g/mol. The van der Waals surface area contributed by atoms with E-state index in [1.807, 2.05) is 0 Å². The first-order valence-corrected chi connectivity index (χ1v) is 4.82. The van der Waals surface area contributed by atoms with Crippen LogP contribution in [0, 0.1) is 0 Å². The highest BCUT2D eigenvalue weighted by molar-refractivity contribution is 5.90. The quantitative estimate of drug-likeness (QED) is 0.735. The second-order valence-electron chi connectivity index (χ2n) is 3.37. The summed E-state index contributed by atoms with van der Waals surface area (Å²) in [5.74, 6) is -1.42. The fourth-order valence-electron chi connectivity index (χ4n) is 1.36. The summed E-state index contributed by atoms with van der Waals surface area (Å²) in [5, 5.41) is 21.5. The zero-order valence-electron chi connectivity index (χ0n) is 8.97. The topological polar surface area (TPSA) is 95.6 Å². The molecule has 0 aliphatic rings. The number of aromatic hydroxyl groups is 2. The Morgan fingerprint density at radius 3 is 2.53 bits per heavy atom. The van der Waals surface area contributed by atoms with E-state index in [1.54, 1.807) is 12.1 Å². The molecule has 0 fully saturated rings. The maximum Gasteiger partial charge on any atom is 0.246 e. The number of hydrogen-bond donors (Lipinski definition) is 3. The van der Waals surface area contributed by atoms with Gasteiger partial charge in [0, 0.05) is 24.9 Å². The van der Waals surface area contributed by atoms with E-state index in [0.29, 0.717) is 5.56 Å². The van der Waals surface area contributed by atoms with Gasteiger partial charge in [-0.1, -0.05) is 0 Å². The van der Waals surface area contributed by atoms with Crippen LogP contribution in [-0.2, 0) is 4.79 Å². The van der Waals surface area contributed by atoms with Gasteiger partial charge in [0.1, 0.15) is 0 Å². The number of carbonyl (C=O) groups excluding carboxylic acids is 1. The zero-order valence-corrected chi connectivity index (χ0v) is 8.97. The Kier molecular flexibility index (Phi) is 2.70. The van der Waals surface area contributed by atoms with E-state index in [-0.39, 0.29) is 11.6 Å². The van der Waals surface area contributed by atoms with E-state index >= 15 is 0 Å². The van der Waals surface area contributed by atoms with Gasteiger partial charge in [0.25, 0.3) is 0 Å². The Morgan fingerprint density at radius 2 is 1.94 bits per heavy atom. The van der Waals surface area contributed by atoms with E-state index < -0.39 is 17.4 Å². The molecule has 6 nitrogen and oxygen atoms in total. The van der Waals surface area contributed by atoms with Crippen LogP contribution in [0.1, 0.15) is 6.92 Å². The van der Waals surface area contributed by atoms with Crippen molar-refractivity contribution in [1.82, 2.24) is 4.98 Å². The first kappa shape index (κ1) is 11.0. The normalized spacial score (nSPS) is 10.2. The molecule has 2 heterocycles. The maximum absolute atomic E-state index is 10.8. The molecule has 88 valence electrons. The monoisotopic (exact) mass is 234 g/mol. The van der Waals surface area contributed by atoms with Gasteiger partial charge in [-0.2, -0.15) is 0 Å². The Morgan fingerprint density at radius 1 is 1.29 bits per heavy atom. The molecule has 2 aromatic rings. The highest BCUT2D eigenvalue weighted by Crippen LogP contribution is 2.44. The molecule has 0 aliphatic heterocycles. The smallest absolute Gasteiger partial charge is 0.246 e. The third-order valence-electron chi connectivity index (χ3n) is 2.09. The highest BCUT2D eigenvalue weighted by Gasteiger charge is 2.21. The molecule has 0 saturated heterocycles. The number of rotatable bonds is 2. The van der Waals surface area contributed by atoms with Crippen LogP contribution in [0.3, 0.4) is 0 Å². The molecule has 0 aliphatic carbocycles. The largest absolute Gasteiger partial charge is 0.502 e. The van der Waals surface area contributed by atoms with Gasteiger partial charge in [-0.05, 0) is 12.1 Å². The van der Waals surface area contributed by atoms with Crippen molar-refractivity contribution < 1.29 is 19.4 Å². The summed E-state index contributed by atoms with van der Waals surface area (Å²) in [5.41, 5.74) is 0.546. The summed E-state index contributed by atoms with van der Waals surface area (Å²) in [7, 11) is 0. The molecule has 3 N–H and O–H groups in total. The van der Waals surface area contributed by atoms with E-state index in [0.717, 1.165) is 0 Å². The van der Waals surface area contributed by atoms with Crippen molar-refractivity contribution in [2.45, 2.75) is 6.92 Å². The summed E-state index contributed by atoms with van der Waals surface area (Å²) in [6.07, 6.45) is 3.04. The molecular formula is C11H10N2O4. The van der Waals surface area contributed by atoms with Gasteiger partial charge in [0.2, 0.25) is 23.3 Å². The number of hydrogen-bond acceptors (Lipinski definition) is 5. The van der Waals surface area contributed by atoms with Crippen molar-refractivity contribution >= 4 is 11.8 Å². The van der Waals surface area contributed by atoms with Gasteiger partial charge >= 0.3 is 0 Å². The summed E-state index contributed by atoms with van der Waals surface area (Å²) in [4.78, 5) is 14.7. The summed E-state index contributed by atoms with van der Waals surface area (Å²) < 4.78 is 5.18.